The molecule has 2 aliphatic rings. The van der Waals surface area contributed by atoms with Gasteiger partial charge in [-0.05, 0) is 25.7 Å². The summed E-state index contributed by atoms with van der Waals surface area (Å²) in [6.45, 7) is 3.75. The Morgan fingerprint density at radius 3 is 2.61 bits per heavy atom. The third-order valence-electron chi connectivity index (χ3n) is 5.18. The van der Waals surface area contributed by atoms with Crippen LogP contribution in [0.3, 0.4) is 0 Å². The fourth-order valence-electron chi connectivity index (χ4n) is 3.61. The zero-order chi connectivity index (χ0) is 16.6. The minimum Gasteiger partial charge on any atom is -0.323 e. The van der Waals surface area contributed by atoms with Crippen LogP contribution in [0.25, 0.3) is 0 Å². The number of benzene rings is 1. The molecule has 3 rings (SSSR count). The average Bonchev–Trinajstić information content (AvgIpc) is 2.76. The van der Waals surface area contributed by atoms with Crippen molar-refractivity contribution in [3.63, 3.8) is 0 Å². The van der Waals surface area contributed by atoms with Crippen molar-refractivity contribution in [1.29, 1.82) is 0 Å². The quantitative estimate of drug-likeness (QED) is 0.689. The fourth-order valence-corrected chi connectivity index (χ4v) is 3.61. The van der Waals surface area contributed by atoms with E-state index in [0.717, 1.165) is 29.7 Å². The number of carbonyl (C=O) groups is 3. The molecule has 1 saturated carbocycles. The molecule has 1 aromatic rings. The van der Waals surface area contributed by atoms with Crippen LogP contribution in [-0.2, 0) is 4.79 Å². The molecule has 0 aromatic heterocycles. The van der Waals surface area contributed by atoms with Gasteiger partial charge in [-0.2, -0.15) is 0 Å². The van der Waals surface area contributed by atoms with Crippen molar-refractivity contribution < 1.29 is 14.4 Å². The van der Waals surface area contributed by atoms with Crippen LogP contribution in [0.15, 0.2) is 24.3 Å². The molecule has 5 heteroatoms. The zero-order valence-corrected chi connectivity index (χ0v) is 13.6. The van der Waals surface area contributed by atoms with Gasteiger partial charge in [-0.3, -0.25) is 14.5 Å². The van der Waals surface area contributed by atoms with Crippen molar-refractivity contribution in [1.82, 2.24) is 10.2 Å². The van der Waals surface area contributed by atoms with E-state index in [9.17, 15) is 14.4 Å². The van der Waals surface area contributed by atoms with Crippen molar-refractivity contribution in [2.75, 3.05) is 6.54 Å². The first-order valence-corrected chi connectivity index (χ1v) is 8.18. The molecule has 1 N–H and O–H groups in total. The summed E-state index contributed by atoms with van der Waals surface area (Å²) in [5.41, 5.74) is 0.781. The van der Waals surface area contributed by atoms with E-state index < -0.39 is 11.6 Å². The normalized spacial score (nSPS) is 27.4. The smallest absolute Gasteiger partial charge is 0.323 e. The first-order valence-electron chi connectivity index (χ1n) is 8.18. The highest BCUT2D eigenvalue weighted by molar-refractivity contribution is 6.11. The summed E-state index contributed by atoms with van der Waals surface area (Å²) >= 11 is 0. The van der Waals surface area contributed by atoms with E-state index in [1.54, 1.807) is 12.1 Å². The van der Waals surface area contributed by atoms with Crippen LogP contribution < -0.4 is 5.32 Å². The maximum Gasteiger partial charge on any atom is 0.325 e. The van der Waals surface area contributed by atoms with Crippen molar-refractivity contribution in [3.05, 3.63) is 35.4 Å². The molecule has 0 bridgehead atoms. The molecule has 1 aliphatic heterocycles. The summed E-state index contributed by atoms with van der Waals surface area (Å²) in [7, 11) is 0. The number of imide groups is 1. The minimum atomic E-state index is -0.803. The van der Waals surface area contributed by atoms with Gasteiger partial charge in [0.15, 0.2) is 5.78 Å². The van der Waals surface area contributed by atoms with Gasteiger partial charge in [0.05, 0.1) is 6.54 Å². The molecule has 0 radical (unpaired) electrons. The Labute approximate surface area is 136 Å². The fraction of sp³-hybridized carbons (Fsp3) is 0.500. The molecule has 23 heavy (non-hydrogen) atoms. The van der Waals surface area contributed by atoms with E-state index in [-0.39, 0.29) is 24.2 Å². The Hall–Kier alpha value is -2.17. The molecule has 5 nitrogen and oxygen atoms in total. The van der Waals surface area contributed by atoms with Crippen LogP contribution in [0.4, 0.5) is 4.79 Å². The SMILES string of the molecule is Cc1ccc(C(=O)CN2C(=O)N[C@@]3(CCCC[C@@H]3C)C2=O)cc1. The number of hydrogen-bond acceptors (Lipinski definition) is 3. The Morgan fingerprint density at radius 1 is 1.26 bits per heavy atom. The van der Waals surface area contributed by atoms with Gasteiger partial charge < -0.3 is 5.32 Å². The number of nitrogens with zero attached hydrogens (tertiary/aromatic N) is 1. The van der Waals surface area contributed by atoms with Gasteiger partial charge in [0, 0.05) is 5.56 Å². The largest absolute Gasteiger partial charge is 0.325 e. The standard InChI is InChI=1S/C18H22N2O3/c1-12-6-8-14(9-7-12)15(21)11-20-16(22)18(19-17(20)23)10-4-3-5-13(18)2/h6-9,13H,3-5,10-11H2,1-2H3,(H,19,23)/t13-,18+/m0/s1. The molecule has 3 amide bonds. The second-order valence-electron chi connectivity index (χ2n) is 6.73. The lowest BCUT2D eigenvalue weighted by molar-refractivity contribution is -0.133. The molecular formula is C18H22N2O3. The number of rotatable bonds is 3. The summed E-state index contributed by atoms with van der Waals surface area (Å²) < 4.78 is 0. The topological polar surface area (TPSA) is 66.5 Å². The highest BCUT2D eigenvalue weighted by atomic mass is 16.2. The maximum absolute atomic E-state index is 12.8. The number of ketones is 1. The Kier molecular flexibility index (Phi) is 3.96. The minimum absolute atomic E-state index is 0.104. The predicted octanol–water partition coefficient (Wildman–Crippen LogP) is 2.68. The summed E-state index contributed by atoms with van der Waals surface area (Å²) in [5.74, 6) is -0.351. The summed E-state index contributed by atoms with van der Waals surface area (Å²) in [6, 6.07) is 6.72. The third-order valence-corrected chi connectivity index (χ3v) is 5.18. The molecular weight excluding hydrogens is 292 g/mol. The van der Waals surface area contributed by atoms with E-state index >= 15 is 0 Å². The number of urea groups is 1. The number of nitrogens with one attached hydrogen (secondary N) is 1. The van der Waals surface area contributed by atoms with Crippen LogP contribution in [0, 0.1) is 12.8 Å². The second kappa shape index (κ2) is 5.80. The number of amides is 3. The van der Waals surface area contributed by atoms with E-state index in [1.807, 2.05) is 26.0 Å². The molecule has 1 spiro atoms. The first kappa shape index (κ1) is 15.7. The van der Waals surface area contributed by atoms with Gasteiger partial charge in [0.2, 0.25) is 0 Å². The van der Waals surface area contributed by atoms with Crippen LogP contribution >= 0.6 is 0 Å². The molecule has 1 aromatic carbocycles. The molecule has 2 fully saturated rings. The summed E-state index contributed by atoms with van der Waals surface area (Å²) in [5, 5.41) is 2.87. The van der Waals surface area contributed by atoms with E-state index in [2.05, 4.69) is 5.32 Å². The summed E-state index contributed by atoms with van der Waals surface area (Å²) in [6.07, 6.45) is 3.59. The zero-order valence-electron chi connectivity index (χ0n) is 13.6. The van der Waals surface area contributed by atoms with Gasteiger partial charge >= 0.3 is 6.03 Å². The molecule has 122 valence electrons. The number of hydrogen-bond donors (Lipinski definition) is 1. The van der Waals surface area contributed by atoms with E-state index in [1.165, 1.54) is 0 Å². The summed E-state index contributed by atoms with van der Waals surface area (Å²) in [4.78, 5) is 38.6. The van der Waals surface area contributed by atoms with Crippen molar-refractivity contribution >= 4 is 17.7 Å². The van der Waals surface area contributed by atoms with Gasteiger partial charge in [-0.25, -0.2) is 4.79 Å². The lowest BCUT2D eigenvalue weighted by Gasteiger charge is -2.36. The second-order valence-corrected chi connectivity index (χ2v) is 6.73. The molecule has 1 aliphatic carbocycles. The Balaban J connectivity index is 1.78. The van der Waals surface area contributed by atoms with E-state index in [4.69, 9.17) is 0 Å². The first-order chi connectivity index (χ1) is 10.9. The van der Waals surface area contributed by atoms with Crippen LogP contribution in [-0.4, -0.2) is 34.7 Å². The molecule has 1 saturated heterocycles. The highest BCUT2D eigenvalue weighted by Crippen LogP contribution is 2.38. The van der Waals surface area contributed by atoms with Gasteiger partial charge in [0.25, 0.3) is 5.91 Å². The van der Waals surface area contributed by atoms with E-state index in [0.29, 0.717) is 12.0 Å². The maximum atomic E-state index is 12.8. The molecule has 2 atom stereocenters. The molecule has 1 heterocycles. The monoisotopic (exact) mass is 314 g/mol. The van der Waals surface area contributed by atoms with Gasteiger partial charge in [0.1, 0.15) is 5.54 Å². The Morgan fingerprint density at radius 2 is 1.96 bits per heavy atom. The van der Waals surface area contributed by atoms with Crippen molar-refractivity contribution in [2.24, 2.45) is 5.92 Å². The average molecular weight is 314 g/mol. The van der Waals surface area contributed by atoms with Crippen molar-refractivity contribution in [2.45, 2.75) is 45.1 Å². The molecule has 0 unspecified atom stereocenters. The lowest BCUT2D eigenvalue weighted by atomic mass is 9.73. The van der Waals surface area contributed by atoms with Crippen LogP contribution in [0.2, 0.25) is 0 Å². The van der Waals surface area contributed by atoms with Gasteiger partial charge in [-0.1, -0.05) is 49.6 Å². The van der Waals surface area contributed by atoms with Crippen molar-refractivity contribution in [3.8, 4) is 0 Å². The van der Waals surface area contributed by atoms with Crippen LogP contribution in [0.1, 0.15) is 48.5 Å². The number of aryl methyl sites for hydroxylation is 1. The lowest BCUT2D eigenvalue weighted by Crippen LogP contribution is -2.54. The number of carbonyl (C=O) groups excluding carboxylic acids is 3. The third kappa shape index (κ3) is 2.64. The van der Waals surface area contributed by atoms with Gasteiger partial charge in [-0.15, -0.1) is 0 Å². The highest BCUT2D eigenvalue weighted by Gasteiger charge is 2.55. The predicted molar refractivity (Wildman–Crippen MR) is 86.1 cm³/mol. The number of Topliss-reactive ketones (excluding diaryl/α,β-unsaturated/α-hetero) is 1. The Bertz CT molecular complexity index is 653. The van der Waals surface area contributed by atoms with Crippen LogP contribution in [0.5, 0.6) is 0 Å².